The van der Waals surface area contributed by atoms with Gasteiger partial charge in [-0.15, -0.1) is 0 Å². The average Bonchev–Trinajstić information content (AvgIpc) is 3.35. The van der Waals surface area contributed by atoms with E-state index in [1.165, 1.54) is 12.0 Å². The van der Waals surface area contributed by atoms with Crippen molar-refractivity contribution in [2.24, 2.45) is 35.3 Å². The first-order chi connectivity index (χ1) is 33.3. The molecule has 2 bridgehead atoms. The number of Topliss-reactive ketones (excluding diaryl/α,β-unsaturated/α-hetero) is 2. The third-order valence-electron chi connectivity index (χ3n) is 15.7. The number of methoxy groups -OCH3 is 2. The van der Waals surface area contributed by atoms with Crippen LogP contribution in [0.1, 0.15) is 125 Å². The van der Waals surface area contributed by atoms with Crippen LogP contribution in [0.5, 0.6) is 0 Å². The molecule has 0 radical (unpaired) electrons. The van der Waals surface area contributed by atoms with E-state index in [9.17, 15) is 34.5 Å². The van der Waals surface area contributed by atoms with Gasteiger partial charge in [0.25, 0.3) is 11.7 Å². The molecule has 9 unspecified atom stereocenters. The Balaban J connectivity index is 1.49. The number of piperidine rings is 1. The standard InChI is InChI=1S/C56H85N3O11/c1-35-18-12-10-13-19-36(2)46(58(7)43-20-14-11-15-21-43)34-44-26-23-40(6)56(66,70-44)53(63)54(64)59-29-17-16-22-45(59)55(65)69-48(37(3)31-41-24-27-47(60)49(33-41)67-8)28-25-42(57)32-39(5)51(62)52(68-9)50(61)38(4)30-35/h10-15,18-21,32,35,37-38,40-42,44-49,51-52,60,62,66H,16-17,22-31,33-34,57H2,1-9H3/b13-10+,18-12+,36-19+,39-32+/t35-,37-,38?,40?,41?,42+,44?,45?,46?,47-,48+,49?,51?,52+,56?/m1/s1. The Labute approximate surface area is 417 Å². The highest BCUT2D eigenvalue weighted by Crippen LogP contribution is 2.38. The zero-order valence-corrected chi connectivity index (χ0v) is 43.4. The molecule has 5 rings (SSSR count). The number of carbonyl (C=O) groups excluding carboxylic acids is 4. The fraction of sp³-hybridized carbons (Fsp3) is 0.679. The molecule has 3 aliphatic heterocycles. The molecule has 15 atom stereocenters. The van der Waals surface area contributed by atoms with Crippen LogP contribution in [0.15, 0.2) is 77.9 Å². The molecule has 1 amide bonds. The Morgan fingerprint density at radius 2 is 1.60 bits per heavy atom. The van der Waals surface area contributed by atoms with E-state index >= 15 is 0 Å². The summed E-state index contributed by atoms with van der Waals surface area (Å²) in [6.07, 6.45) is 14.1. The highest BCUT2D eigenvalue weighted by molar-refractivity contribution is 6.39. The Hall–Kier alpha value is -4.02. The molecule has 3 fully saturated rings. The number of aliphatic hydroxyl groups is 3. The number of para-hydroxylation sites is 1. The highest BCUT2D eigenvalue weighted by Gasteiger charge is 2.53. The van der Waals surface area contributed by atoms with Crippen LogP contribution >= 0.6 is 0 Å². The summed E-state index contributed by atoms with van der Waals surface area (Å²) in [5.74, 6) is -6.32. The summed E-state index contributed by atoms with van der Waals surface area (Å²) in [6, 6.07) is 8.08. The summed E-state index contributed by atoms with van der Waals surface area (Å²) < 4.78 is 24.0. The SMILES string of the molecule is COC1CC(C[C@@H](C)[C@@H]2CC[C@H](N)/C=C(\C)C(O)[C@@H](OC)C(=O)C(C)C[C@H](C)/C=C/C=C/C=C(\C)C(N(C)c3ccccc3)CC3CCC(C)C(O)(O3)C(=O)C(=O)N3CCCCC3C(=O)O2)CC[C@H]1O. The third kappa shape index (κ3) is 14.8. The number of carbonyl (C=O) groups is 4. The number of fused-ring (bicyclic) bond motifs is 3. The number of cyclic esters (lactones) is 1. The van der Waals surface area contributed by atoms with Gasteiger partial charge >= 0.3 is 5.97 Å². The number of ether oxygens (including phenoxy) is 4. The minimum absolute atomic E-state index is 0.0388. The van der Waals surface area contributed by atoms with Gasteiger partial charge < -0.3 is 49.8 Å². The van der Waals surface area contributed by atoms with Gasteiger partial charge in [-0.25, -0.2) is 4.79 Å². The number of ketones is 2. The lowest BCUT2D eigenvalue weighted by Gasteiger charge is -2.43. The lowest BCUT2D eigenvalue weighted by molar-refractivity contribution is -0.263. The second-order valence-corrected chi connectivity index (χ2v) is 21.1. The second-order valence-electron chi connectivity index (χ2n) is 21.1. The van der Waals surface area contributed by atoms with Gasteiger partial charge in [-0.05, 0) is 133 Å². The summed E-state index contributed by atoms with van der Waals surface area (Å²) in [4.78, 5) is 60.7. The predicted octanol–water partition coefficient (Wildman–Crippen LogP) is 7.18. The van der Waals surface area contributed by atoms with Gasteiger partial charge in [-0.3, -0.25) is 14.4 Å². The van der Waals surface area contributed by atoms with E-state index in [0.717, 1.165) is 17.7 Å². The summed E-state index contributed by atoms with van der Waals surface area (Å²) in [7, 11) is 5.02. The zero-order chi connectivity index (χ0) is 51.3. The van der Waals surface area contributed by atoms with Crippen molar-refractivity contribution in [3.63, 3.8) is 0 Å². The number of amides is 1. The van der Waals surface area contributed by atoms with Crippen LogP contribution in [0, 0.1) is 29.6 Å². The number of likely N-dealkylation sites (N-methyl/N-ethyl adjacent to an activating group) is 1. The van der Waals surface area contributed by atoms with Crippen LogP contribution in [0.4, 0.5) is 5.69 Å². The largest absolute Gasteiger partial charge is 0.461 e. The summed E-state index contributed by atoms with van der Waals surface area (Å²) in [5.41, 5.74) is 9.18. The van der Waals surface area contributed by atoms with Crippen molar-refractivity contribution in [1.82, 2.24) is 4.90 Å². The van der Waals surface area contributed by atoms with Crippen molar-refractivity contribution in [1.29, 1.82) is 0 Å². The molecule has 1 saturated carbocycles. The molecule has 4 aliphatic rings. The van der Waals surface area contributed by atoms with Crippen molar-refractivity contribution in [3.05, 3.63) is 77.9 Å². The van der Waals surface area contributed by atoms with E-state index in [1.54, 1.807) is 27.0 Å². The van der Waals surface area contributed by atoms with Crippen LogP contribution < -0.4 is 10.6 Å². The number of allylic oxidation sites excluding steroid dienone is 5. The molecule has 1 aliphatic carbocycles. The van der Waals surface area contributed by atoms with Crippen molar-refractivity contribution in [3.8, 4) is 0 Å². The molecule has 70 heavy (non-hydrogen) atoms. The minimum Gasteiger partial charge on any atom is -0.461 e. The highest BCUT2D eigenvalue weighted by atomic mass is 16.6. The summed E-state index contributed by atoms with van der Waals surface area (Å²) in [6.45, 7) is 11.5. The van der Waals surface area contributed by atoms with Gasteiger partial charge in [-0.1, -0.05) is 87.9 Å². The van der Waals surface area contributed by atoms with Gasteiger partial charge in [-0.2, -0.15) is 0 Å². The van der Waals surface area contributed by atoms with Gasteiger partial charge in [0, 0.05) is 51.4 Å². The number of nitrogens with two attached hydrogens (primary N) is 1. The number of nitrogens with zero attached hydrogens (tertiary/aromatic N) is 2. The van der Waals surface area contributed by atoms with E-state index in [4.69, 9.17) is 24.7 Å². The number of esters is 1. The number of anilines is 1. The van der Waals surface area contributed by atoms with Crippen molar-refractivity contribution in [2.45, 2.75) is 186 Å². The molecule has 2 saturated heterocycles. The van der Waals surface area contributed by atoms with Crippen LogP contribution in [0.3, 0.4) is 0 Å². The van der Waals surface area contributed by atoms with Crippen LogP contribution in [-0.2, 0) is 38.1 Å². The molecule has 390 valence electrons. The molecule has 14 nitrogen and oxygen atoms in total. The van der Waals surface area contributed by atoms with Crippen LogP contribution in [0.25, 0.3) is 0 Å². The zero-order valence-electron chi connectivity index (χ0n) is 43.4. The minimum atomic E-state index is -2.41. The number of benzene rings is 1. The molecule has 0 spiro atoms. The second kappa shape index (κ2) is 26.6. The third-order valence-corrected chi connectivity index (χ3v) is 15.7. The number of rotatable bonds is 7. The first-order valence-corrected chi connectivity index (χ1v) is 25.9. The van der Waals surface area contributed by atoms with E-state index < -0.39 is 77.9 Å². The predicted molar refractivity (Wildman–Crippen MR) is 271 cm³/mol. The molecule has 5 N–H and O–H groups in total. The summed E-state index contributed by atoms with van der Waals surface area (Å²) in [5, 5.41) is 34.2. The average molecular weight is 976 g/mol. The molecular formula is C56H85N3O11. The van der Waals surface area contributed by atoms with Crippen LogP contribution in [0.2, 0.25) is 0 Å². The van der Waals surface area contributed by atoms with E-state index in [0.29, 0.717) is 76.2 Å². The van der Waals surface area contributed by atoms with Gasteiger partial charge in [0.05, 0.1) is 24.4 Å². The van der Waals surface area contributed by atoms with Crippen LogP contribution in [-0.4, -0.2) is 132 Å². The number of aliphatic hydroxyl groups excluding tert-OH is 2. The quantitative estimate of drug-likeness (QED) is 0.122. The smallest absolute Gasteiger partial charge is 0.329 e. The Bertz CT molecular complexity index is 2010. The fourth-order valence-electron chi connectivity index (χ4n) is 11.2. The lowest BCUT2D eigenvalue weighted by atomic mass is 9.78. The maximum atomic E-state index is 14.5. The van der Waals surface area contributed by atoms with Gasteiger partial charge in [0.2, 0.25) is 5.79 Å². The maximum Gasteiger partial charge on any atom is 0.329 e. The van der Waals surface area contributed by atoms with Gasteiger partial charge in [0.1, 0.15) is 24.4 Å². The molecule has 0 aromatic heterocycles. The number of hydrogen-bond acceptors (Lipinski definition) is 13. The molecule has 14 heteroatoms. The van der Waals surface area contributed by atoms with E-state index in [-0.39, 0.29) is 48.6 Å². The van der Waals surface area contributed by atoms with E-state index in [2.05, 4.69) is 4.90 Å². The molecular weight excluding hydrogens is 891 g/mol. The van der Waals surface area contributed by atoms with Crippen molar-refractivity contribution >= 4 is 29.1 Å². The first kappa shape index (κ1) is 56.9. The Kier molecular flexibility index (Phi) is 21.6. The normalized spacial score (nSPS) is 38.2. The number of hydrogen-bond donors (Lipinski definition) is 4. The Morgan fingerprint density at radius 3 is 2.30 bits per heavy atom. The molecule has 3 heterocycles. The molecule has 1 aromatic carbocycles. The lowest BCUT2D eigenvalue weighted by Crippen LogP contribution is -2.61. The fourth-order valence-corrected chi connectivity index (χ4v) is 11.2. The topological polar surface area (TPSA) is 198 Å². The van der Waals surface area contributed by atoms with Crippen molar-refractivity contribution < 1.29 is 53.4 Å². The summed E-state index contributed by atoms with van der Waals surface area (Å²) >= 11 is 0. The van der Waals surface area contributed by atoms with Gasteiger partial charge in [0.15, 0.2) is 5.78 Å². The van der Waals surface area contributed by atoms with E-state index in [1.807, 2.05) is 95.5 Å². The monoisotopic (exact) mass is 976 g/mol. The van der Waals surface area contributed by atoms with Crippen molar-refractivity contribution in [2.75, 3.05) is 32.7 Å². The molecule has 1 aromatic rings. The first-order valence-electron chi connectivity index (χ1n) is 25.9. The maximum absolute atomic E-state index is 14.5. The Morgan fingerprint density at radius 1 is 0.871 bits per heavy atom.